The van der Waals surface area contributed by atoms with Crippen LogP contribution in [0.5, 0.6) is 0 Å². The Morgan fingerprint density at radius 2 is 2.31 bits per heavy atom. The van der Waals surface area contributed by atoms with Crippen LogP contribution in [0.3, 0.4) is 0 Å². The van der Waals surface area contributed by atoms with Gasteiger partial charge in [-0.1, -0.05) is 17.7 Å². The molecule has 2 aromatic rings. The predicted molar refractivity (Wildman–Crippen MR) is 63.8 cm³/mol. The average molecular weight is 238 g/mol. The molecule has 1 aromatic carbocycles. The summed E-state index contributed by atoms with van der Waals surface area (Å²) in [6, 6.07) is 5.56. The highest BCUT2D eigenvalue weighted by atomic mass is 35.5. The lowest BCUT2D eigenvalue weighted by atomic mass is 10.3. The van der Waals surface area contributed by atoms with Crippen LogP contribution in [0.15, 0.2) is 23.0 Å². The number of fused-ring (bicyclic) bond motifs is 1. The van der Waals surface area contributed by atoms with Crippen LogP contribution in [0.25, 0.3) is 11.0 Å². The van der Waals surface area contributed by atoms with E-state index in [1.54, 1.807) is 10.6 Å². The van der Waals surface area contributed by atoms with E-state index in [4.69, 9.17) is 11.6 Å². The highest BCUT2D eigenvalue weighted by Crippen LogP contribution is 2.24. The van der Waals surface area contributed by atoms with Gasteiger partial charge in [0.15, 0.2) is 0 Å². The molecule has 1 saturated heterocycles. The van der Waals surface area contributed by atoms with E-state index in [0.717, 1.165) is 30.4 Å². The summed E-state index contributed by atoms with van der Waals surface area (Å²) in [7, 11) is 0. The summed E-state index contributed by atoms with van der Waals surface area (Å²) < 4.78 is 1.76. The topological polar surface area (TPSA) is 49.8 Å². The Hall–Kier alpha value is -1.26. The SMILES string of the molecule is O=c1[nH]c2c(Cl)cccc2n1C1CCCN1. The highest BCUT2D eigenvalue weighted by molar-refractivity contribution is 6.34. The largest absolute Gasteiger partial charge is 0.327 e. The van der Waals surface area contributed by atoms with Gasteiger partial charge in [-0.05, 0) is 31.5 Å². The van der Waals surface area contributed by atoms with Gasteiger partial charge in [0.25, 0.3) is 0 Å². The van der Waals surface area contributed by atoms with Gasteiger partial charge in [0.1, 0.15) is 0 Å². The lowest BCUT2D eigenvalue weighted by molar-refractivity contribution is 0.469. The second-order valence-corrected chi connectivity index (χ2v) is 4.45. The lowest BCUT2D eigenvalue weighted by Gasteiger charge is -2.11. The summed E-state index contributed by atoms with van der Waals surface area (Å²) in [6.07, 6.45) is 2.18. The first-order valence-electron chi connectivity index (χ1n) is 5.39. The third-order valence-corrected chi connectivity index (χ3v) is 3.36. The zero-order chi connectivity index (χ0) is 11.1. The van der Waals surface area contributed by atoms with Crippen LogP contribution in [-0.4, -0.2) is 16.1 Å². The number of aromatic nitrogens is 2. The molecule has 1 atom stereocenters. The fourth-order valence-corrected chi connectivity index (χ4v) is 2.53. The number of rotatable bonds is 1. The summed E-state index contributed by atoms with van der Waals surface area (Å²) >= 11 is 6.05. The van der Waals surface area contributed by atoms with Crippen molar-refractivity contribution in [1.82, 2.24) is 14.9 Å². The second kappa shape index (κ2) is 3.64. The number of benzene rings is 1. The van der Waals surface area contributed by atoms with Crippen LogP contribution in [0.2, 0.25) is 5.02 Å². The summed E-state index contributed by atoms with van der Waals surface area (Å²) in [5.41, 5.74) is 1.50. The van der Waals surface area contributed by atoms with E-state index in [1.165, 1.54) is 0 Å². The van der Waals surface area contributed by atoms with Crippen LogP contribution in [-0.2, 0) is 0 Å². The minimum absolute atomic E-state index is 0.0949. The van der Waals surface area contributed by atoms with Crippen LogP contribution < -0.4 is 11.0 Å². The van der Waals surface area contributed by atoms with Crippen LogP contribution >= 0.6 is 11.6 Å². The van der Waals surface area contributed by atoms with Crippen molar-refractivity contribution in [2.45, 2.75) is 19.0 Å². The Morgan fingerprint density at radius 3 is 3.06 bits per heavy atom. The molecule has 4 nitrogen and oxygen atoms in total. The molecule has 1 aliphatic rings. The number of para-hydroxylation sites is 1. The van der Waals surface area contributed by atoms with Crippen molar-refractivity contribution < 1.29 is 0 Å². The molecule has 0 radical (unpaired) electrons. The standard InChI is InChI=1S/C11H12ClN3O/c12-7-3-1-4-8-10(7)14-11(16)15(8)9-5-2-6-13-9/h1,3-4,9,13H,2,5-6H2,(H,14,16). The van der Waals surface area contributed by atoms with Crippen LogP contribution in [0.1, 0.15) is 19.0 Å². The molecule has 1 fully saturated rings. The fourth-order valence-electron chi connectivity index (χ4n) is 2.31. The fraction of sp³-hybridized carbons (Fsp3) is 0.364. The van der Waals surface area contributed by atoms with Gasteiger partial charge in [-0.25, -0.2) is 4.79 Å². The molecule has 1 aromatic heterocycles. The molecule has 2 N–H and O–H groups in total. The molecule has 3 rings (SSSR count). The monoisotopic (exact) mass is 237 g/mol. The van der Waals surface area contributed by atoms with Crippen molar-refractivity contribution in [2.24, 2.45) is 0 Å². The van der Waals surface area contributed by atoms with Crippen molar-refractivity contribution in [1.29, 1.82) is 0 Å². The Bertz CT molecular complexity index is 580. The van der Waals surface area contributed by atoms with Gasteiger partial charge in [0.05, 0.1) is 22.2 Å². The Labute approximate surface area is 97.2 Å². The van der Waals surface area contributed by atoms with Gasteiger partial charge in [0, 0.05) is 0 Å². The summed E-state index contributed by atoms with van der Waals surface area (Å²) in [5, 5.41) is 3.90. The molecule has 0 aliphatic carbocycles. The quantitative estimate of drug-likeness (QED) is 0.796. The summed E-state index contributed by atoms with van der Waals surface area (Å²) in [5.74, 6) is 0. The molecule has 16 heavy (non-hydrogen) atoms. The molecular weight excluding hydrogens is 226 g/mol. The second-order valence-electron chi connectivity index (χ2n) is 4.05. The minimum Gasteiger partial charge on any atom is -0.304 e. The lowest BCUT2D eigenvalue weighted by Crippen LogP contribution is -2.28. The first-order chi connectivity index (χ1) is 7.77. The zero-order valence-corrected chi connectivity index (χ0v) is 9.42. The van der Waals surface area contributed by atoms with E-state index < -0.39 is 0 Å². The number of hydrogen-bond donors (Lipinski definition) is 2. The average Bonchev–Trinajstić information content (AvgIpc) is 2.85. The normalized spacial score (nSPS) is 20.7. The number of hydrogen-bond acceptors (Lipinski definition) is 2. The van der Waals surface area contributed by atoms with E-state index in [2.05, 4.69) is 10.3 Å². The molecular formula is C11H12ClN3O. The molecule has 2 heterocycles. The molecule has 5 heteroatoms. The van der Waals surface area contributed by atoms with Crippen LogP contribution in [0, 0.1) is 0 Å². The van der Waals surface area contributed by atoms with Gasteiger partial charge in [-0.15, -0.1) is 0 Å². The number of halogens is 1. The predicted octanol–water partition coefficient (Wildman–Crippen LogP) is 1.86. The maximum Gasteiger partial charge on any atom is 0.327 e. The smallest absolute Gasteiger partial charge is 0.304 e. The van der Waals surface area contributed by atoms with Crippen molar-refractivity contribution in [3.8, 4) is 0 Å². The number of nitrogens with zero attached hydrogens (tertiary/aromatic N) is 1. The molecule has 0 spiro atoms. The zero-order valence-electron chi connectivity index (χ0n) is 8.66. The number of aromatic amines is 1. The van der Waals surface area contributed by atoms with Crippen molar-refractivity contribution in [3.05, 3.63) is 33.7 Å². The van der Waals surface area contributed by atoms with Crippen molar-refractivity contribution in [2.75, 3.05) is 6.54 Å². The van der Waals surface area contributed by atoms with Gasteiger partial charge < -0.3 is 4.98 Å². The van der Waals surface area contributed by atoms with Gasteiger partial charge >= 0.3 is 5.69 Å². The first kappa shape index (κ1) is 9.93. The molecule has 84 valence electrons. The summed E-state index contributed by atoms with van der Waals surface area (Å²) in [4.78, 5) is 14.7. The molecule has 1 aliphatic heterocycles. The Kier molecular flexibility index (Phi) is 2.26. The van der Waals surface area contributed by atoms with Gasteiger partial charge in [-0.2, -0.15) is 0 Å². The van der Waals surface area contributed by atoms with E-state index in [-0.39, 0.29) is 11.9 Å². The van der Waals surface area contributed by atoms with Crippen molar-refractivity contribution >= 4 is 22.6 Å². The first-order valence-corrected chi connectivity index (χ1v) is 5.77. The minimum atomic E-state index is -0.0949. The maximum atomic E-state index is 11.9. The van der Waals surface area contributed by atoms with Crippen LogP contribution in [0.4, 0.5) is 0 Å². The number of nitrogens with one attached hydrogen (secondary N) is 2. The van der Waals surface area contributed by atoms with E-state index >= 15 is 0 Å². The molecule has 0 amide bonds. The highest BCUT2D eigenvalue weighted by Gasteiger charge is 2.20. The van der Waals surface area contributed by atoms with E-state index in [0.29, 0.717) is 5.02 Å². The van der Waals surface area contributed by atoms with E-state index in [1.807, 2.05) is 12.1 Å². The summed E-state index contributed by atoms with van der Waals surface area (Å²) in [6.45, 7) is 0.963. The van der Waals surface area contributed by atoms with E-state index in [9.17, 15) is 4.79 Å². The van der Waals surface area contributed by atoms with Gasteiger partial charge in [0.2, 0.25) is 0 Å². The molecule has 0 bridgehead atoms. The van der Waals surface area contributed by atoms with Crippen molar-refractivity contribution in [3.63, 3.8) is 0 Å². The maximum absolute atomic E-state index is 11.9. The number of H-pyrrole nitrogens is 1. The number of imidazole rings is 1. The van der Waals surface area contributed by atoms with Gasteiger partial charge in [-0.3, -0.25) is 9.88 Å². The molecule has 1 unspecified atom stereocenters. The Balaban J connectivity index is 2.27. The Morgan fingerprint density at radius 1 is 1.44 bits per heavy atom. The third kappa shape index (κ3) is 1.37. The molecule has 0 saturated carbocycles. The third-order valence-electron chi connectivity index (χ3n) is 3.05.